The van der Waals surface area contributed by atoms with Crippen molar-refractivity contribution in [3.63, 3.8) is 0 Å². The van der Waals surface area contributed by atoms with Crippen molar-refractivity contribution >= 4 is 5.97 Å². The van der Waals surface area contributed by atoms with Gasteiger partial charge in [0.2, 0.25) is 0 Å². The summed E-state index contributed by atoms with van der Waals surface area (Å²) in [5, 5.41) is 8.30. The minimum Gasteiger partial charge on any atom is -0.395 e. The first-order valence-electron chi connectivity index (χ1n) is 3.84. The zero-order valence-corrected chi connectivity index (χ0v) is 6.80. The fourth-order valence-electron chi connectivity index (χ4n) is 0.549. The standard InChI is InChI=1S/C7H15NO3/c1-2-3-4-7(10)11-8-5-6-9/h8-9H,2-6H2,1H3. The van der Waals surface area contributed by atoms with Gasteiger partial charge in [-0.2, -0.15) is 5.48 Å². The van der Waals surface area contributed by atoms with Gasteiger partial charge in [-0.3, -0.25) is 4.79 Å². The molecule has 66 valence electrons. The van der Waals surface area contributed by atoms with E-state index < -0.39 is 0 Å². The number of rotatable bonds is 6. The summed E-state index contributed by atoms with van der Waals surface area (Å²) < 4.78 is 0. The number of carbonyl (C=O) groups excluding carboxylic acids is 1. The Hall–Kier alpha value is -0.610. The second-order valence-electron chi connectivity index (χ2n) is 2.20. The third kappa shape index (κ3) is 7.29. The molecule has 0 saturated carbocycles. The number of aliphatic hydroxyl groups excluding tert-OH is 1. The Morgan fingerprint density at radius 3 is 2.91 bits per heavy atom. The number of hydroxylamine groups is 1. The first-order valence-corrected chi connectivity index (χ1v) is 3.84. The maximum Gasteiger partial charge on any atom is 0.324 e. The smallest absolute Gasteiger partial charge is 0.324 e. The zero-order chi connectivity index (χ0) is 8.53. The van der Waals surface area contributed by atoms with Gasteiger partial charge in [0, 0.05) is 6.42 Å². The molecular formula is C7H15NO3. The van der Waals surface area contributed by atoms with Gasteiger partial charge in [0.25, 0.3) is 0 Å². The normalized spacial score (nSPS) is 9.64. The van der Waals surface area contributed by atoms with E-state index in [9.17, 15) is 4.79 Å². The number of hydrogen-bond acceptors (Lipinski definition) is 4. The van der Waals surface area contributed by atoms with Crippen LogP contribution in [0.1, 0.15) is 26.2 Å². The van der Waals surface area contributed by atoms with Crippen LogP contribution >= 0.6 is 0 Å². The van der Waals surface area contributed by atoms with Crippen LogP contribution in [-0.4, -0.2) is 24.2 Å². The van der Waals surface area contributed by atoms with Crippen molar-refractivity contribution in [3.8, 4) is 0 Å². The molecule has 0 saturated heterocycles. The first-order chi connectivity index (χ1) is 5.31. The Balaban J connectivity index is 3.09. The van der Waals surface area contributed by atoms with Gasteiger partial charge in [-0.1, -0.05) is 13.3 Å². The molecule has 0 radical (unpaired) electrons. The molecule has 4 nitrogen and oxygen atoms in total. The van der Waals surface area contributed by atoms with E-state index in [4.69, 9.17) is 5.11 Å². The third-order valence-corrected chi connectivity index (χ3v) is 1.13. The van der Waals surface area contributed by atoms with Crippen molar-refractivity contribution < 1.29 is 14.7 Å². The Labute approximate surface area is 66.5 Å². The highest BCUT2D eigenvalue weighted by molar-refractivity contribution is 5.68. The van der Waals surface area contributed by atoms with Gasteiger partial charge < -0.3 is 9.94 Å². The summed E-state index contributed by atoms with van der Waals surface area (Å²) in [7, 11) is 0. The van der Waals surface area contributed by atoms with Gasteiger partial charge in [0.05, 0.1) is 13.2 Å². The van der Waals surface area contributed by atoms with E-state index in [0.29, 0.717) is 6.42 Å². The summed E-state index contributed by atoms with van der Waals surface area (Å²) in [6, 6.07) is 0. The summed E-state index contributed by atoms with van der Waals surface area (Å²) in [5.41, 5.74) is 2.34. The third-order valence-electron chi connectivity index (χ3n) is 1.13. The number of carbonyl (C=O) groups is 1. The number of hydrogen-bond donors (Lipinski definition) is 2. The fraction of sp³-hybridized carbons (Fsp3) is 0.857. The van der Waals surface area contributed by atoms with Crippen LogP contribution in [0.15, 0.2) is 0 Å². The van der Waals surface area contributed by atoms with E-state index in [1.165, 1.54) is 0 Å². The predicted molar refractivity (Wildman–Crippen MR) is 40.7 cm³/mol. The van der Waals surface area contributed by atoms with E-state index >= 15 is 0 Å². The molecule has 0 bridgehead atoms. The largest absolute Gasteiger partial charge is 0.395 e. The van der Waals surface area contributed by atoms with Gasteiger partial charge in [0.1, 0.15) is 0 Å². The van der Waals surface area contributed by atoms with Crippen LogP contribution in [0.3, 0.4) is 0 Å². The average Bonchev–Trinajstić information content (AvgIpc) is 2.01. The molecule has 0 spiro atoms. The topological polar surface area (TPSA) is 58.6 Å². The minimum atomic E-state index is -0.264. The maximum atomic E-state index is 10.7. The second-order valence-corrected chi connectivity index (χ2v) is 2.20. The molecule has 0 aliphatic carbocycles. The molecule has 2 N–H and O–H groups in total. The summed E-state index contributed by atoms with van der Waals surface area (Å²) in [4.78, 5) is 15.2. The van der Waals surface area contributed by atoms with Crippen molar-refractivity contribution in [1.29, 1.82) is 0 Å². The summed E-state index contributed by atoms with van der Waals surface area (Å²) >= 11 is 0. The molecule has 0 aromatic rings. The molecule has 0 aliphatic rings. The van der Waals surface area contributed by atoms with E-state index in [-0.39, 0.29) is 19.1 Å². The molecule has 4 heteroatoms. The van der Waals surface area contributed by atoms with E-state index in [0.717, 1.165) is 12.8 Å². The average molecular weight is 161 g/mol. The molecule has 0 heterocycles. The molecule has 0 amide bonds. The van der Waals surface area contributed by atoms with E-state index in [1.807, 2.05) is 6.92 Å². The predicted octanol–water partition coefficient (Wildman–Crippen LogP) is 0.217. The quantitative estimate of drug-likeness (QED) is 0.432. The number of aliphatic hydroxyl groups is 1. The van der Waals surface area contributed by atoms with Crippen LogP contribution in [0, 0.1) is 0 Å². The van der Waals surface area contributed by atoms with Crippen LogP contribution < -0.4 is 5.48 Å². The van der Waals surface area contributed by atoms with Crippen molar-refractivity contribution in [1.82, 2.24) is 5.48 Å². The Morgan fingerprint density at radius 1 is 1.64 bits per heavy atom. The minimum absolute atomic E-state index is 0.0267. The molecule has 11 heavy (non-hydrogen) atoms. The van der Waals surface area contributed by atoms with Gasteiger partial charge in [-0.15, -0.1) is 0 Å². The van der Waals surface area contributed by atoms with E-state index in [1.54, 1.807) is 0 Å². The SMILES string of the molecule is CCCCC(=O)ONCCO. The Bertz CT molecular complexity index is 106. The Kier molecular flexibility index (Phi) is 7.08. The van der Waals surface area contributed by atoms with Gasteiger partial charge in [0.15, 0.2) is 0 Å². The van der Waals surface area contributed by atoms with Crippen LogP contribution in [0.2, 0.25) is 0 Å². The van der Waals surface area contributed by atoms with Crippen molar-refractivity contribution in [2.45, 2.75) is 26.2 Å². The molecule has 0 rings (SSSR count). The van der Waals surface area contributed by atoms with Crippen LogP contribution in [0.25, 0.3) is 0 Å². The molecule has 0 fully saturated rings. The monoisotopic (exact) mass is 161 g/mol. The maximum absolute atomic E-state index is 10.7. The lowest BCUT2D eigenvalue weighted by molar-refractivity contribution is -0.151. The van der Waals surface area contributed by atoms with Gasteiger partial charge in [-0.05, 0) is 6.42 Å². The van der Waals surface area contributed by atoms with Gasteiger partial charge >= 0.3 is 5.97 Å². The lowest BCUT2D eigenvalue weighted by atomic mass is 10.3. The van der Waals surface area contributed by atoms with Crippen molar-refractivity contribution in [3.05, 3.63) is 0 Å². The molecule has 0 aliphatic heterocycles. The van der Waals surface area contributed by atoms with Gasteiger partial charge in [-0.25, -0.2) is 0 Å². The second kappa shape index (κ2) is 7.50. The highest BCUT2D eigenvalue weighted by Crippen LogP contribution is 1.94. The van der Waals surface area contributed by atoms with Crippen LogP contribution in [0.5, 0.6) is 0 Å². The molecule has 0 aromatic carbocycles. The number of unbranched alkanes of at least 4 members (excludes halogenated alkanes) is 1. The highest BCUT2D eigenvalue weighted by Gasteiger charge is 1.99. The molecular weight excluding hydrogens is 146 g/mol. The fourth-order valence-corrected chi connectivity index (χ4v) is 0.549. The van der Waals surface area contributed by atoms with Crippen molar-refractivity contribution in [2.24, 2.45) is 0 Å². The number of nitrogens with one attached hydrogen (secondary N) is 1. The summed E-state index contributed by atoms with van der Waals surface area (Å²) in [6.45, 7) is 2.27. The molecule has 0 unspecified atom stereocenters. The van der Waals surface area contributed by atoms with Crippen LogP contribution in [-0.2, 0) is 9.63 Å². The highest BCUT2D eigenvalue weighted by atomic mass is 16.7. The van der Waals surface area contributed by atoms with E-state index in [2.05, 4.69) is 10.3 Å². The first kappa shape index (κ1) is 10.4. The molecule has 0 atom stereocenters. The summed E-state index contributed by atoms with van der Waals surface area (Å²) in [6.07, 6.45) is 2.27. The lowest BCUT2D eigenvalue weighted by Crippen LogP contribution is -2.22. The van der Waals surface area contributed by atoms with Crippen LogP contribution in [0.4, 0.5) is 0 Å². The molecule has 0 aromatic heterocycles. The Morgan fingerprint density at radius 2 is 2.36 bits per heavy atom. The lowest BCUT2D eigenvalue weighted by Gasteiger charge is -2.02. The summed E-state index contributed by atoms with van der Waals surface area (Å²) in [5.74, 6) is -0.264. The zero-order valence-electron chi connectivity index (χ0n) is 6.80. The van der Waals surface area contributed by atoms with Crippen molar-refractivity contribution in [2.75, 3.05) is 13.2 Å².